The number of pyridine rings is 1. The number of aromatic nitrogens is 3. The third-order valence-corrected chi connectivity index (χ3v) is 6.84. The molecule has 0 bridgehead atoms. The number of fused-ring (bicyclic) bond motifs is 1. The lowest BCUT2D eigenvalue weighted by Crippen LogP contribution is -2.51. The molecule has 1 aliphatic heterocycles. The molecule has 2 unspecified atom stereocenters. The van der Waals surface area contributed by atoms with Crippen LogP contribution in [0.5, 0.6) is 0 Å². The third kappa shape index (κ3) is 5.14. The van der Waals surface area contributed by atoms with Crippen molar-refractivity contribution >= 4 is 22.6 Å². The average molecular weight is 445 g/mol. The third-order valence-electron chi connectivity index (χ3n) is 6.84. The fraction of sp³-hybridized carbons (Fsp3) is 0.462. The van der Waals surface area contributed by atoms with Crippen LogP contribution in [0, 0.1) is 5.92 Å². The van der Waals surface area contributed by atoms with Crippen LogP contribution in [0.4, 0.5) is 5.82 Å². The Bertz CT molecular complexity index is 1100. The molecule has 33 heavy (non-hydrogen) atoms. The first-order chi connectivity index (χ1) is 16.2. The van der Waals surface area contributed by atoms with Gasteiger partial charge in [-0.05, 0) is 43.0 Å². The first-order valence-electron chi connectivity index (χ1n) is 12.1. The Morgan fingerprint density at radius 2 is 1.91 bits per heavy atom. The highest BCUT2D eigenvalue weighted by molar-refractivity contribution is 5.91. The number of rotatable bonds is 5. The first-order valence-corrected chi connectivity index (χ1v) is 12.1. The van der Waals surface area contributed by atoms with Crippen molar-refractivity contribution in [2.75, 3.05) is 37.6 Å². The summed E-state index contributed by atoms with van der Waals surface area (Å²) in [4.78, 5) is 31.1. The number of para-hydroxylation sites is 1. The van der Waals surface area contributed by atoms with Gasteiger partial charge in [0.15, 0.2) is 5.82 Å². The second-order valence-corrected chi connectivity index (χ2v) is 9.43. The van der Waals surface area contributed by atoms with Gasteiger partial charge in [-0.3, -0.25) is 14.7 Å². The van der Waals surface area contributed by atoms with Crippen molar-refractivity contribution in [2.45, 2.75) is 38.6 Å². The number of carbonyl (C=O) groups is 1. The Hall–Kier alpha value is -3.06. The zero-order valence-corrected chi connectivity index (χ0v) is 19.3. The Kier molecular flexibility index (Phi) is 6.48. The fourth-order valence-electron chi connectivity index (χ4n) is 5.08. The molecule has 1 aromatic carbocycles. The van der Waals surface area contributed by atoms with Gasteiger partial charge in [-0.2, -0.15) is 0 Å². The lowest BCUT2D eigenvalue weighted by Gasteiger charge is -2.36. The van der Waals surface area contributed by atoms with Gasteiger partial charge in [0, 0.05) is 55.6 Å². The van der Waals surface area contributed by atoms with Crippen molar-refractivity contribution in [1.29, 1.82) is 0 Å². The van der Waals surface area contributed by atoms with Crippen LogP contribution in [-0.2, 0) is 4.79 Å². The zero-order valence-electron chi connectivity index (χ0n) is 19.3. The average Bonchev–Trinajstić information content (AvgIpc) is 2.84. The van der Waals surface area contributed by atoms with Crippen LogP contribution in [0.3, 0.4) is 0 Å². The van der Waals surface area contributed by atoms with Crippen LogP contribution in [0.1, 0.15) is 32.6 Å². The molecule has 2 atom stereocenters. The molecule has 7 heteroatoms. The molecule has 1 aliphatic carbocycles. The number of nitrogens with zero attached hydrogens (tertiary/aromatic N) is 5. The molecule has 172 valence electrons. The Balaban J connectivity index is 1.26. The molecule has 0 radical (unpaired) electrons. The fourth-order valence-corrected chi connectivity index (χ4v) is 5.08. The van der Waals surface area contributed by atoms with E-state index in [9.17, 15) is 4.79 Å². The molecule has 1 amide bonds. The summed E-state index contributed by atoms with van der Waals surface area (Å²) in [5.41, 5.74) is 1.85. The van der Waals surface area contributed by atoms with Crippen LogP contribution in [0.25, 0.3) is 22.3 Å². The number of benzene rings is 1. The standard InChI is InChI=1S/C26H32N6O/c1-19-6-4-8-21(16-19)28-24(33)18-31-12-14-32(15-13-31)26-22-9-2-3-10-23(22)29-25(30-26)20-7-5-11-27-17-20/h2-3,5,7,9-11,17,19,21H,4,6,8,12-16,18H2,1H3,(H,28,33). The maximum atomic E-state index is 12.6. The number of carbonyl (C=O) groups excluding carboxylic acids is 1. The molecule has 7 nitrogen and oxygen atoms in total. The first kappa shape index (κ1) is 21.8. The lowest BCUT2D eigenvalue weighted by atomic mass is 9.87. The molecule has 3 aromatic rings. The summed E-state index contributed by atoms with van der Waals surface area (Å²) in [6.07, 6.45) is 8.30. The SMILES string of the molecule is CC1CCCC(NC(=O)CN2CCN(c3nc(-c4cccnc4)nc4ccccc34)CC2)C1. The van der Waals surface area contributed by atoms with E-state index < -0.39 is 0 Å². The summed E-state index contributed by atoms with van der Waals surface area (Å²) < 4.78 is 0. The van der Waals surface area contributed by atoms with Crippen molar-refractivity contribution in [3.05, 3.63) is 48.8 Å². The molecular formula is C26H32N6O. The molecule has 1 N–H and O–H groups in total. The largest absolute Gasteiger partial charge is 0.353 e. The topological polar surface area (TPSA) is 74.2 Å². The number of piperazine rings is 1. The van der Waals surface area contributed by atoms with Gasteiger partial charge in [0.05, 0.1) is 12.1 Å². The minimum absolute atomic E-state index is 0.161. The molecule has 2 aromatic heterocycles. The summed E-state index contributed by atoms with van der Waals surface area (Å²) >= 11 is 0. The molecular weight excluding hydrogens is 412 g/mol. The molecule has 0 spiro atoms. The summed E-state index contributed by atoms with van der Waals surface area (Å²) in [6.45, 7) is 6.12. The predicted octanol–water partition coefficient (Wildman–Crippen LogP) is 3.51. The van der Waals surface area contributed by atoms with E-state index in [1.165, 1.54) is 12.8 Å². The van der Waals surface area contributed by atoms with Crippen molar-refractivity contribution in [3.63, 3.8) is 0 Å². The van der Waals surface area contributed by atoms with E-state index >= 15 is 0 Å². The summed E-state index contributed by atoms with van der Waals surface area (Å²) in [5, 5.41) is 4.33. The molecule has 1 saturated carbocycles. The lowest BCUT2D eigenvalue weighted by molar-refractivity contribution is -0.123. The van der Waals surface area contributed by atoms with Gasteiger partial charge in [-0.25, -0.2) is 9.97 Å². The van der Waals surface area contributed by atoms with Gasteiger partial charge in [0.1, 0.15) is 5.82 Å². The van der Waals surface area contributed by atoms with Gasteiger partial charge in [0.2, 0.25) is 5.91 Å². The summed E-state index contributed by atoms with van der Waals surface area (Å²) in [5.74, 6) is 2.53. The van der Waals surface area contributed by atoms with Crippen LogP contribution in [-0.4, -0.2) is 64.5 Å². The summed E-state index contributed by atoms with van der Waals surface area (Å²) in [6, 6.07) is 12.4. The summed E-state index contributed by atoms with van der Waals surface area (Å²) in [7, 11) is 0. The van der Waals surface area contributed by atoms with E-state index in [4.69, 9.17) is 9.97 Å². The zero-order chi connectivity index (χ0) is 22.6. The molecule has 1 saturated heterocycles. The van der Waals surface area contributed by atoms with Crippen molar-refractivity contribution < 1.29 is 4.79 Å². The number of hydrogen-bond donors (Lipinski definition) is 1. The van der Waals surface area contributed by atoms with E-state index in [1.807, 2.05) is 30.3 Å². The second-order valence-electron chi connectivity index (χ2n) is 9.43. The minimum Gasteiger partial charge on any atom is -0.353 e. The Labute approximate surface area is 195 Å². The molecule has 2 fully saturated rings. The van der Waals surface area contributed by atoms with E-state index in [1.54, 1.807) is 12.4 Å². The highest BCUT2D eigenvalue weighted by Gasteiger charge is 2.24. The van der Waals surface area contributed by atoms with E-state index in [-0.39, 0.29) is 5.91 Å². The van der Waals surface area contributed by atoms with Crippen molar-refractivity contribution in [3.8, 4) is 11.4 Å². The van der Waals surface area contributed by atoms with E-state index in [0.29, 0.717) is 24.3 Å². The van der Waals surface area contributed by atoms with Gasteiger partial charge in [-0.1, -0.05) is 31.9 Å². The normalized spacial score (nSPS) is 21.8. The number of nitrogens with one attached hydrogen (secondary N) is 1. The Morgan fingerprint density at radius 3 is 2.70 bits per heavy atom. The number of hydrogen-bond acceptors (Lipinski definition) is 6. The van der Waals surface area contributed by atoms with Crippen LogP contribution in [0.2, 0.25) is 0 Å². The van der Waals surface area contributed by atoms with E-state index in [2.05, 4.69) is 33.1 Å². The van der Waals surface area contributed by atoms with Gasteiger partial charge < -0.3 is 10.2 Å². The smallest absolute Gasteiger partial charge is 0.234 e. The maximum absolute atomic E-state index is 12.6. The molecule has 5 rings (SSSR count). The maximum Gasteiger partial charge on any atom is 0.234 e. The van der Waals surface area contributed by atoms with Gasteiger partial charge in [0.25, 0.3) is 0 Å². The number of amides is 1. The number of anilines is 1. The quantitative estimate of drug-likeness (QED) is 0.649. The van der Waals surface area contributed by atoms with Crippen LogP contribution in [0.15, 0.2) is 48.8 Å². The molecule has 3 heterocycles. The second kappa shape index (κ2) is 9.83. The van der Waals surface area contributed by atoms with Crippen LogP contribution < -0.4 is 10.2 Å². The Morgan fingerprint density at radius 1 is 1.06 bits per heavy atom. The van der Waals surface area contributed by atoms with Crippen molar-refractivity contribution in [1.82, 2.24) is 25.2 Å². The van der Waals surface area contributed by atoms with Crippen LogP contribution >= 0.6 is 0 Å². The molecule has 2 aliphatic rings. The van der Waals surface area contributed by atoms with Gasteiger partial charge >= 0.3 is 0 Å². The van der Waals surface area contributed by atoms with Gasteiger partial charge in [-0.15, -0.1) is 0 Å². The van der Waals surface area contributed by atoms with E-state index in [0.717, 1.165) is 61.3 Å². The highest BCUT2D eigenvalue weighted by atomic mass is 16.2. The highest BCUT2D eigenvalue weighted by Crippen LogP contribution is 2.28. The minimum atomic E-state index is 0.161. The van der Waals surface area contributed by atoms with Crippen molar-refractivity contribution in [2.24, 2.45) is 5.92 Å². The predicted molar refractivity (Wildman–Crippen MR) is 131 cm³/mol. The monoisotopic (exact) mass is 444 g/mol.